The van der Waals surface area contributed by atoms with Crippen LogP contribution in [0.25, 0.3) is 0 Å². The van der Waals surface area contributed by atoms with E-state index in [0.29, 0.717) is 5.56 Å². The molecular weight excluding hydrogens is 428 g/mol. The Kier molecular flexibility index (Phi) is 5.71. The molecular formula is C17H15ClN2O8S. The highest BCUT2D eigenvalue weighted by atomic mass is 35.7. The number of benzene rings is 1. The predicted molar refractivity (Wildman–Crippen MR) is 97.4 cm³/mol. The number of esters is 1. The third kappa shape index (κ3) is 4.62. The molecule has 2 aliphatic heterocycles. The molecule has 1 N–H and O–H groups in total. The molecule has 1 aromatic rings. The monoisotopic (exact) mass is 442 g/mol. The van der Waals surface area contributed by atoms with Gasteiger partial charge in [-0.15, -0.1) is 0 Å². The number of amides is 4. The minimum atomic E-state index is -3.79. The molecule has 10 nitrogen and oxygen atoms in total. The number of fused-ring (bicyclic) bond motifs is 1. The Hall–Kier alpha value is -2.79. The fraction of sp³-hybridized carbons (Fsp3) is 0.353. The zero-order valence-corrected chi connectivity index (χ0v) is 16.4. The highest BCUT2D eigenvalue weighted by Crippen LogP contribution is 2.28. The van der Waals surface area contributed by atoms with Crippen LogP contribution in [0.2, 0.25) is 0 Å². The van der Waals surface area contributed by atoms with Crippen molar-refractivity contribution >= 4 is 49.3 Å². The molecule has 1 unspecified atom stereocenters. The van der Waals surface area contributed by atoms with Crippen molar-refractivity contribution in [3.05, 3.63) is 34.9 Å². The number of nitrogens with one attached hydrogen (secondary N) is 1. The van der Waals surface area contributed by atoms with E-state index in [0.717, 1.165) is 4.90 Å². The standard InChI is InChI=1S/C17H15ClN2O8S/c18-29(26,27)6-5-28-14(22)8-9-1-2-10-11(7-9)17(25)20(16(10)24)12-3-4-13(21)19-15(12)23/h1-2,7,12H,3-6,8H2,(H,19,21,23). The number of hydrogen-bond donors (Lipinski definition) is 1. The number of piperidine rings is 1. The van der Waals surface area contributed by atoms with Crippen molar-refractivity contribution in [3.63, 3.8) is 0 Å². The van der Waals surface area contributed by atoms with E-state index in [1.54, 1.807) is 0 Å². The molecule has 2 aliphatic rings. The topological polar surface area (TPSA) is 144 Å². The number of nitrogens with zero attached hydrogens (tertiary/aromatic N) is 1. The van der Waals surface area contributed by atoms with E-state index in [1.807, 2.05) is 0 Å². The molecule has 29 heavy (non-hydrogen) atoms. The second-order valence-electron chi connectivity index (χ2n) is 6.47. The molecule has 12 heteroatoms. The predicted octanol–water partition coefficient (Wildman–Crippen LogP) is -0.258. The van der Waals surface area contributed by atoms with Gasteiger partial charge in [0.25, 0.3) is 11.8 Å². The number of hydrogen-bond acceptors (Lipinski definition) is 8. The lowest BCUT2D eigenvalue weighted by Gasteiger charge is -2.27. The zero-order chi connectivity index (χ0) is 21.3. The van der Waals surface area contributed by atoms with Crippen molar-refractivity contribution in [3.8, 4) is 0 Å². The van der Waals surface area contributed by atoms with E-state index < -0.39 is 57.1 Å². The van der Waals surface area contributed by atoms with Crippen LogP contribution in [0.5, 0.6) is 0 Å². The first-order valence-corrected chi connectivity index (χ1v) is 11.0. The fourth-order valence-corrected chi connectivity index (χ4v) is 3.57. The second-order valence-corrected chi connectivity index (χ2v) is 9.36. The summed E-state index contributed by atoms with van der Waals surface area (Å²) in [6, 6.07) is 3.09. The Balaban J connectivity index is 1.71. The van der Waals surface area contributed by atoms with Gasteiger partial charge in [0.2, 0.25) is 20.9 Å². The first-order valence-electron chi connectivity index (χ1n) is 8.49. The highest BCUT2D eigenvalue weighted by Gasteiger charge is 2.44. The summed E-state index contributed by atoms with van der Waals surface area (Å²) in [5, 5.41) is 2.10. The molecule has 0 aromatic heterocycles. The highest BCUT2D eigenvalue weighted by molar-refractivity contribution is 8.13. The van der Waals surface area contributed by atoms with E-state index in [1.165, 1.54) is 18.2 Å². The van der Waals surface area contributed by atoms with Crippen LogP contribution in [0.4, 0.5) is 0 Å². The van der Waals surface area contributed by atoms with Crippen molar-refractivity contribution in [2.45, 2.75) is 25.3 Å². The summed E-state index contributed by atoms with van der Waals surface area (Å²) < 4.78 is 26.4. The largest absolute Gasteiger partial charge is 0.464 e. The molecule has 4 amide bonds. The summed E-state index contributed by atoms with van der Waals surface area (Å²) in [5.41, 5.74) is 0.493. The van der Waals surface area contributed by atoms with Gasteiger partial charge in [-0.3, -0.25) is 34.2 Å². The van der Waals surface area contributed by atoms with Crippen molar-refractivity contribution in [1.29, 1.82) is 0 Å². The Labute approximate surface area is 169 Å². The molecule has 0 spiro atoms. The average molecular weight is 443 g/mol. The SMILES string of the molecule is O=C1CCC(N2C(=O)c3ccc(CC(=O)OCCS(=O)(=O)Cl)cc3C2=O)C(=O)N1. The Morgan fingerprint density at radius 2 is 1.86 bits per heavy atom. The van der Waals surface area contributed by atoms with Crippen LogP contribution in [-0.4, -0.2) is 61.3 Å². The lowest BCUT2D eigenvalue weighted by molar-refractivity contribution is -0.142. The summed E-state index contributed by atoms with van der Waals surface area (Å²) in [7, 11) is 1.24. The van der Waals surface area contributed by atoms with Crippen LogP contribution in [0.15, 0.2) is 18.2 Å². The summed E-state index contributed by atoms with van der Waals surface area (Å²) in [5.74, 6) is -3.79. The van der Waals surface area contributed by atoms with Crippen molar-refractivity contribution in [2.24, 2.45) is 0 Å². The lowest BCUT2D eigenvalue weighted by Crippen LogP contribution is -2.54. The molecule has 0 aliphatic carbocycles. The first kappa shape index (κ1) is 20.9. The number of rotatable bonds is 6. The van der Waals surface area contributed by atoms with Crippen LogP contribution >= 0.6 is 10.7 Å². The maximum absolute atomic E-state index is 12.7. The van der Waals surface area contributed by atoms with Gasteiger partial charge in [-0.2, -0.15) is 0 Å². The Bertz CT molecular complexity index is 1040. The average Bonchev–Trinajstić information content (AvgIpc) is 2.85. The molecule has 0 bridgehead atoms. The van der Waals surface area contributed by atoms with Gasteiger partial charge in [0.05, 0.1) is 23.3 Å². The summed E-state index contributed by atoms with van der Waals surface area (Å²) in [4.78, 5) is 61.2. The van der Waals surface area contributed by atoms with Crippen molar-refractivity contribution in [2.75, 3.05) is 12.4 Å². The number of carbonyl (C=O) groups excluding carboxylic acids is 5. The summed E-state index contributed by atoms with van der Waals surface area (Å²) in [6.45, 7) is -0.406. The van der Waals surface area contributed by atoms with Gasteiger partial charge in [0.15, 0.2) is 0 Å². The molecule has 1 saturated heterocycles. The third-order valence-corrected chi connectivity index (χ3v) is 5.56. The van der Waals surface area contributed by atoms with E-state index in [-0.39, 0.29) is 30.4 Å². The first-order chi connectivity index (χ1) is 13.6. The normalized spacial score (nSPS) is 19.2. The van der Waals surface area contributed by atoms with Gasteiger partial charge in [0.1, 0.15) is 12.6 Å². The molecule has 1 atom stereocenters. The van der Waals surface area contributed by atoms with Crippen molar-refractivity contribution in [1.82, 2.24) is 10.2 Å². The number of ether oxygens (including phenoxy) is 1. The summed E-state index contributed by atoms with van der Waals surface area (Å²) >= 11 is 0. The minimum absolute atomic E-state index is 0.0128. The van der Waals surface area contributed by atoms with E-state index in [9.17, 15) is 32.4 Å². The Morgan fingerprint density at radius 3 is 2.52 bits per heavy atom. The van der Waals surface area contributed by atoms with E-state index in [2.05, 4.69) is 5.32 Å². The summed E-state index contributed by atoms with van der Waals surface area (Å²) in [6.07, 6.45) is -0.201. The van der Waals surface area contributed by atoms with Gasteiger partial charge >= 0.3 is 5.97 Å². The molecule has 1 fully saturated rings. The van der Waals surface area contributed by atoms with Crippen LogP contribution in [0, 0.1) is 0 Å². The number of carbonyl (C=O) groups is 5. The molecule has 2 heterocycles. The molecule has 0 radical (unpaired) electrons. The number of halogens is 1. The van der Waals surface area contributed by atoms with E-state index in [4.69, 9.17) is 15.4 Å². The third-order valence-electron chi connectivity index (χ3n) is 4.44. The van der Waals surface area contributed by atoms with Gasteiger partial charge in [-0.05, 0) is 24.1 Å². The molecule has 1 aromatic carbocycles. The van der Waals surface area contributed by atoms with Gasteiger partial charge in [0, 0.05) is 17.1 Å². The quantitative estimate of drug-likeness (QED) is 0.360. The maximum Gasteiger partial charge on any atom is 0.310 e. The van der Waals surface area contributed by atoms with Gasteiger partial charge < -0.3 is 4.74 Å². The van der Waals surface area contributed by atoms with Crippen LogP contribution in [0.1, 0.15) is 39.1 Å². The number of imide groups is 2. The van der Waals surface area contributed by atoms with Gasteiger partial charge in [-0.1, -0.05) is 6.07 Å². The maximum atomic E-state index is 12.7. The van der Waals surface area contributed by atoms with Crippen LogP contribution in [0.3, 0.4) is 0 Å². The molecule has 0 saturated carbocycles. The second kappa shape index (κ2) is 7.91. The van der Waals surface area contributed by atoms with Crippen LogP contribution < -0.4 is 5.32 Å². The van der Waals surface area contributed by atoms with Gasteiger partial charge in [-0.25, -0.2) is 8.42 Å². The Morgan fingerprint density at radius 1 is 1.17 bits per heavy atom. The van der Waals surface area contributed by atoms with Crippen LogP contribution in [-0.2, 0) is 34.6 Å². The fourth-order valence-electron chi connectivity index (χ4n) is 3.10. The zero-order valence-electron chi connectivity index (χ0n) is 14.8. The smallest absolute Gasteiger partial charge is 0.310 e. The van der Waals surface area contributed by atoms with E-state index >= 15 is 0 Å². The van der Waals surface area contributed by atoms with Crippen molar-refractivity contribution < 1.29 is 37.1 Å². The lowest BCUT2D eigenvalue weighted by atomic mass is 10.0. The molecule has 154 valence electrons. The molecule has 3 rings (SSSR count). The minimum Gasteiger partial charge on any atom is -0.464 e.